The third-order valence-corrected chi connectivity index (χ3v) is 7.98. The van der Waals surface area contributed by atoms with E-state index in [1.165, 1.54) is 17.0 Å². The molecule has 2 aromatic carbocycles. The van der Waals surface area contributed by atoms with E-state index in [-0.39, 0.29) is 29.8 Å². The third kappa shape index (κ3) is 5.09. The van der Waals surface area contributed by atoms with E-state index in [9.17, 15) is 18.8 Å². The standard InChI is InChI=1S/C28H34ClFN4O3/c1-16-14-34(17(2)13-33(16)18(3)19-7-9-20(30)10-8-19)27(36)22-11-21-23(26(35)28(37)31(4)5)15-32(6)25(21)12-24(22)29/h7-12,16-18,23H,13-15H2,1-6H3/t16-,17+,18?,23?/m0/s1. The van der Waals surface area contributed by atoms with Crippen LogP contribution in [0.5, 0.6) is 0 Å². The molecule has 0 aromatic heterocycles. The Morgan fingerprint density at radius 2 is 1.68 bits per heavy atom. The summed E-state index contributed by atoms with van der Waals surface area (Å²) < 4.78 is 13.4. The van der Waals surface area contributed by atoms with Gasteiger partial charge in [-0.25, -0.2) is 4.39 Å². The summed E-state index contributed by atoms with van der Waals surface area (Å²) in [5.41, 5.74) is 2.77. The highest BCUT2D eigenvalue weighted by Gasteiger charge is 2.39. The predicted molar refractivity (Wildman–Crippen MR) is 143 cm³/mol. The van der Waals surface area contributed by atoms with Gasteiger partial charge in [-0.15, -0.1) is 0 Å². The molecule has 4 rings (SSSR count). The molecule has 2 aliphatic rings. The Morgan fingerprint density at radius 1 is 1.03 bits per heavy atom. The van der Waals surface area contributed by atoms with Gasteiger partial charge in [0, 0.05) is 64.6 Å². The van der Waals surface area contributed by atoms with Crippen LogP contribution in [0.15, 0.2) is 36.4 Å². The minimum Gasteiger partial charge on any atom is -0.373 e. The van der Waals surface area contributed by atoms with Gasteiger partial charge >= 0.3 is 0 Å². The number of hydrogen-bond acceptors (Lipinski definition) is 5. The molecule has 37 heavy (non-hydrogen) atoms. The van der Waals surface area contributed by atoms with Crippen molar-refractivity contribution in [2.75, 3.05) is 45.7 Å². The molecule has 0 N–H and O–H groups in total. The van der Waals surface area contributed by atoms with Gasteiger partial charge in [-0.2, -0.15) is 0 Å². The van der Waals surface area contributed by atoms with Crippen LogP contribution >= 0.6 is 11.6 Å². The van der Waals surface area contributed by atoms with Crippen LogP contribution in [-0.4, -0.2) is 85.2 Å². The van der Waals surface area contributed by atoms with Crippen molar-refractivity contribution in [2.24, 2.45) is 0 Å². The van der Waals surface area contributed by atoms with Gasteiger partial charge in [0.2, 0.25) is 5.78 Å². The van der Waals surface area contributed by atoms with E-state index in [0.29, 0.717) is 35.8 Å². The fraction of sp³-hybridized carbons (Fsp3) is 0.464. The molecule has 198 valence electrons. The van der Waals surface area contributed by atoms with Gasteiger partial charge in [0.15, 0.2) is 0 Å². The van der Waals surface area contributed by atoms with E-state index in [4.69, 9.17) is 11.6 Å². The van der Waals surface area contributed by atoms with Crippen LogP contribution < -0.4 is 4.90 Å². The van der Waals surface area contributed by atoms with Crippen molar-refractivity contribution in [3.05, 3.63) is 63.9 Å². The zero-order chi connectivity index (χ0) is 27.2. The molecular weight excluding hydrogens is 495 g/mol. The number of nitrogens with zero attached hydrogens (tertiary/aromatic N) is 4. The first-order valence-electron chi connectivity index (χ1n) is 12.5. The molecule has 1 fully saturated rings. The lowest BCUT2D eigenvalue weighted by Crippen LogP contribution is -2.58. The van der Waals surface area contributed by atoms with Crippen molar-refractivity contribution in [3.63, 3.8) is 0 Å². The van der Waals surface area contributed by atoms with Gasteiger partial charge in [0.25, 0.3) is 11.8 Å². The molecular formula is C28H34ClFN4O3. The summed E-state index contributed by atoms with van der Waals surface area (Å²) in [6.07, 6.45) is 0. The van der Waals surface area contributed by atoms with Crippen LogP contribution in [0.4, 0.5) is 10.1 Å². The molecule has 0 saturated carbocycles. The van der Waals surface area contributed by atoms with Gasteiger partial charge in [-0.1, -0.05) is 23.7 Å². The lowest BCUT2D eigenvalue weighted by atomic mass is 9.93. The van der Waals surface area contributed by atoms with Crippen LogP contribution in [0.2, 0.25) is 5.02 Å². The van der Waals surface area contributed by atoms with Crippen LogP contribution in [0.3, 0.4) is 0 Å². The average Bonchev–Trinajstić information content (AvgIpc) is 3.18. The number of likely N-dealkylation sites (N-methyl/N-ethyl adjacent to an activating group) is 2. The van der Waals surface area contributed by atoms with Crippen LogP contribution in [0, 0.1) is 5.82 Å². The number of ketones is 1. The Bertz CT molecular complexity index is 1220. The quantitative estimate of drug-likeness (QED) is 0.550. The van der Waals surface area contributed by atoms with E-state index in [2.05, 4.69) is 18.7 Å². The number of carbonyl (C=O) groups is 3. The Morgan fingerprint density at radius 3 is 2.30 bits per heavy atom. The SMILES string of the molecule is CC(c1ccc(F)cc1)N1C[C@@H](C)N(C(=O)c2cc3c(cc2Cl)N(C)CC3C(=O)C(=O)N(C)C)C[C@@H]1C. The number of halogens is 2. The molecule has 7 nitrogen and oxygen atoms in total. The van der Waals surface area contributed by atoms with Crippen molar-refractivity contribution in [2.45, 2.75) is 44.8 Å². The van der Waals surface area contributed by atoms with Crippen molar-refractivity contribution in [1.29, 1.82) is 0 Å². The number of Topliss-reactive ketones (excluding diaryl/α,β-unsaturated/α-hetero) is 1. The Hall–Kier alpha value is -2.97. The zero-order valence-corrected chi connectivity index (χ0v) is 22.9. The molecule has 2 aromatic rings. The van der Waals surface area contributed by atoms with Gasteiger partial charge in [-0.3, -0.25) is 19.3 Å². The summed E-state index contributed by atoms with van der Waals surface area (Å²) in [5, 5.41) is 0.324. The van der Waals surface area contributed by atoms with Crippen LogP contribution in [0.1, 0.15) is 54.2 Å². The second-order valence-corrected chi connectivity index (χ2v) is 10.9. The molecule has 0 aliphatic carbocycles. The summed E-state index contributed by atoms with van der Waals surface area (Å²) in [6, 6.07) is 9.99. The second kappa shape index (κ2) is 10.4. The lowest BCUT2D eigenvalue weighted by Gasteiger charge is -2.46. The highest BCUT2D eigenvalue weighted by atomic mass is 35.5. The molecule has 4 atom stereocenters. The number of carbonyl (C=O) groups excluding carboxylic acids is 3. The summed E-state index contributed by atoms with van der Waals surface area (Å²) in [6.45, 7) is 7.68. The number of hydrogen-bond donors (Lipinski definition) is 0. The Balaban J connectivity index is 1.57. The molecule has 2 amide bonds. The summed E-state index contributed by atoms with van der Waals surface area (Å²) in [4.78, 5) is 46.4. The molecule has 9 heteroatoms. The van der Waals surface area contributed by atoms with E-state index in [1.807, 2.05) is 23.8 Å². The Labute approximate surface area is 222 Å². The average molecular weight is 529 g/mol. The molecule has 2 heterocycles. The molecule has 2 aliphatic heterocycles. The summed E-state index contributed by atoms with van der Waals surface area (Å²) in [5.74, 6) is -2.17. The van der Waals surface area contributed by atoms with Crippen LogP contribution in [0.25, 0.3) is 0 Å². The minimum atomic E-state index is -0.650. The van der Waals surface area contributed by atoms with Gasteiger partial charge < -0.3 is 14.7 Å². The third-order valence-electron chi connectivity index (χ3n) is 7.67. The topological polar surface area (TPSA) is 64.2 Å². The van der Waals surface area contributed by atoms with E-state index in [1.54, 1.807) is 38.4 Å². The normalized spacial score (nSPS) is 22.5. The van der Waals surface area contributed by atoms with Gasteiger partial charge in [-0.05, 0) is 56.2 Å². The smallest absolute Gasteiger partial charge is 0.290 e. The minimum absolute atomic E-state index is 0.0616. The molecule has 0 bridgehead atoms. The molecule has 2 unspecified atom stereocenters. The number of rotatable bonds is 5. The predicted octanol–water partition coefficient (Wildman–Crippen LogP) is 3.97. The van der Waals surface area contributed by atoms with E-state index >= 15 is 0 Å². The second-order valence-electron chi connectivity index (χ2n) is 10.5. The maximum absolute atomic E-state index is 13.8. The zero-order valence-electron chi connectivity index (χ0n) is 22.2. The summed E-state index contributed by atoms with van der Waals surface area (Å²) >= 11 is 6.61. The lowest BCUT2D eigenvalue weighted by molar-refractivity contribution is -0.143. The number of fused-ring (bicyclic) bond motifs is 1. The first-order chi connectivity index (χ1) is 17.4. The van der Waals surface area contributed by atoms with E-state index in [0.717, 1.165) is 11.3 Å². The molecule has 0 spiro atoms. The molecule has 1 saturated heterocycles. The number of benzene rings is 2. The fourth-order valence-electron chi connectivity index (χ4n) is 5.48. The van der Waals surface area contributed by atoms with E-state index < -0.39 is 17.6 Å². The van der Waals surface area contributed by atoms with Crippen molar-refractivity contribution < 1.29 is 18.8 Å². The monoisotopic (exact) mass is 528 g/mol. The first-order valence-corrected chi connectivity index (χ1v) is 12.9. The largest absolute Gasteiger partial charge is 0.373 e. The molecule has 0 radical (unpaired) electrons. The summed E-state index contributed by atoms with van der Waals surface area (Å²) in [7, 11) is 4.95. The Kier molecular flexibility index (Phi) is 7.62. The van der Waals surface area contributed by atoms with Crippen molar-refractivity contribution in [3.8, 4) is 0 Å². The number of amides is 2. The maximum Gasteiger partial charge on any atom is 0.290 e. The highest BCUT2D eigenvalue weighted by Crippen LogP contribution is 2.40. The number of piperazine rings is 1. The van der Waals surface area contributed by atoms with Gasteiger partial charge in [0.1, 0.15) is 5.82 Å². The number of anilines is 1. The fourth-order valence-corrected chi connectivity index (χ4v) is 5.72. The van der Waals surface area contributed by atoms with Crippen molar-refractivity contribution >= 4 is 34.9 Å². The van der Waals surface area contributed by atoms with Crippen LogP contribution in [-0.2, 0) is 9.59 Å². The van der Waals surface area contributed by atoms with Gasteiger partial charge in [0.05, 0.1) is 16.5 Å². The van der Waals surface area contributed by atoms with Crippen molar-refractivity contribution in [1.82, 2.24) is 14.7 Å². The maximum atomic E-state index is 13.8. The highest BCUT2D eigenvalue weighted by molar-refractivity contribution is 6.39. The first kappa shape index (κ1) is 27.1.